The van der Waals surface area contributed by atoms with Gasteiger partial charge in [-0.15, -0.1) is 0 Å². The quantitative estimate of drug-likeness (QED) is 0.711. The molecular weight excluding hydrogens is 396 g/mol. The molecule has 29 heavy (non-hydrogen) atoms. The van der Waals surface area contributed by atoms with Crippen molar-refractivity contribution in [3.63, 3.8) is 0 Å². The standard InChI is InChI=1S/C20H26N2O6S/c1-20(2,3)22-29(24,25)17-10-8-7-9-14(17)21-19(23)13-11-15(26-4)18(28-6)16(12-13)27-5/h7-12,22H,1-6H3,(H,21,23). The summed E-state index contributed by atoms with van der Waals surface area (Å²) in [6, 6.07) is 9.15. The van der Waals surface area contributed by atoms with Gasteiger partial charge in [-0.05, 0) is 45.0 Å². The molecule has 8 nitrogen and oxygen atoms in total. The number of para-hydroxylation sites is 1. The first-order valence-corrected chi connectivity index (χ1v) is 10.2. The van der Waals surface area contributed by atoms with E-state index in [9.17, 15) is 13.2 Å². The van der Waals surface area contributed by atoms with Gasteiger partial charge in [-0.25, -0.2) is 13.1 Å². The molecule has 0 atom stereocenters. The summed E-state index contributed by atoms with van der Waals surface area (Å²) in [5.74, 6) is 0.450. The van der Waals surface area contributed by atoms with Gasteiger partial charge >= 0.3 is 0 Å². The molecule has 2 N–H and O–H groups in total. The second kappa shape index (κ2) is 8.71. The molecule has 2 aromatic carbocycles. The van der Waals surface area contributed by atoms with Gasteiger partial charge in [0, 0.05) is 11.1 Å². The maximum atomic E-state index is 12.8. The number of benzene rings is 2. The van der Waals surface area contributed by atoms with Gasteiger partial charge in [-0.2, -0.15) is 0 Å². The van der Waals surface area contributed by atoms with Crippen molar-refractivity contribution in [2.45, 2.75) is 31.2 Å². The molecule has 0 saturated heterocycles. The lowest BCUT2D eigenvalue weighted by atomic mass is 10.1. The van der Waals surface area contributed by atoms with E-state index in [-0.39, 0.29) is 16.1 Å². The zero-order valence-corrected chi connectivity index (χ0v) is 18.1. The van der Waals surface area contributed by atoms with Crippen molar-refractivity contribution in [3.05, 3.63) is 42.0 Å². The fourth-order valence-electron chi connectivity index (χ4n) is 2.67. The lowest BCUT2D eigenvalue weighted by Crippen LogP contribution is -2.40. The van der Waals surface area contributed by atoms with Crippen molar-refractivity contribution in [3.8, 4) is 17.2 Å². The highest BCUT2D eigenvalue weighted by atomic mass is 32.2. The number of nitrogens with one attached hydrogen (secondary N) is 2. The summed E-state index contributed by atoms with van der Waals surface area (Å²) in [7, 11) is 0.502. The molecule has 0 saturated carbocycles. The first-order chi connectivity index (χ1) is 13.5. The molecule has 0 aliphatic heterocycles. The van der Waals surface area contributed by atoms with Crippen LogP contribution in [0.1, 0.15) is 31.1 Å². The minimum atomic E-state index is -3.85. The van der Waals surface area contributed by atoms with Crippen molar-refractivity contribution in [2.24, 2.45) is 0 Å². The summed E-state index contributed by atoms with van der Waals surface area (Å²) in [4.78, 5) is 12.8. The van der Waals surface area contributed by atoms with E-state index in [0.717, 1.165) is 0 Å². The van der Waals surface area contributed by atoms with Crippen molar-refractivity contribution in [2.75, 3.05) is 26.6 Å². The van der Waals surface area contributed by atoms with Crippen LogP contribution in [0, 0.1) is 0 Å². The molecule has 0 fully saturated rings. The molecule has 158 valence electrons. The third-order valence-electron chi connectivity index (χ3n) is 3.79. The van der Waals surface area contributed by atoms with Crippen molar-refractivity contribution in [1.82, 2.24) is 4.72 Å². The van der Waals surface area contributed by atoms with Crippen LogP contribution < -0.4 is 24.2 Å². The average Bonchev–Trinajstić information content (AvgIpc) is 2.65. The predicted molar refractivity (Wildman–Crippen MR) is 111 cm³/mol. The third-order valence-corrected chi connectivity index (χ3v) is 5.61. The molecule has 0 bridgehead atoms. The molecule has 0 spiro atoms. The van der Waals surface area contributed by atoms with Crippen LogP contribution >= 0.6 is 0 Å². The fraction of sp³-hybridized carbons (Fsp3) is 0.350. The monoisotopic (exact) mass is 422 g/mol. The van der Waals surface area contributed by atoms with Crippen LogP contribution in [-0.4, -0.2) is 41.2 Å². The van der Waals surface area contributed by atoms with Crippen LogP contribution in [0.3, 0.4) is 0 Å². The number of carbonyl (C=O) groups is 1. The number of hydrogen-bond donors (Lipinski definition) is 2. The second-order valence-electron chi connectivity index (χ2n) is 7.22. The minimum absolute atomic E-state index is 0.0317. The number of ether oxygens (including phenoxy) is 3. The van der Waals surface area contributed by atoms with Gasteiger partial charge in [-0.1, -0.05) is 12.1 Å². The molecular formula is C20H26N2O6S. The number of rotatable bonds is 7. The van der Waals surface area contributed by atoms with Crippen molar-refractivity contribution in [1.29, 1.82) is 0 Å². The highest BCUT2D eigenvalue weighted by Crippen LogP contribution is 2.38. The van der Waals surface area contributed by atoms with Gasteiger partial charge in [0.25, 0.3) is 5.91 Å². The van der Waals surface area contributed by atoms with Crippen molar-refractivity contribution < 1.29 is 27.4 Å². The van der Waals surface area contributed by atoms with E-state index in [1.807, 2.05) is 0 Å². The molecule has 2 rings (SSSR count). The van der Waals surface area contributed by atoms with E-state index in [1.54, 1.807) is 32.9 Å². The van der Waals surface area contributed by atoms with Crippen LogP contribution in [-0.2, 0) is 10.0 Å². The number of sulfonamides is 1. The molecule has 9 heteroatoms. The van der Waals surface area contributed by atoms with Crippen LogP contribution in [0.2, 0.25) is 0 Å². The Morgan fingerprint density at radius 1 is 0.931 bits per heavy atom. The van der Waals surface area contributed by atoms with E-state index in [4.69, 9.17) is 14.2 Å². The minimum Gasteiger partial charge on any atom is -0.493 e. The number of hydrogen-bond acceptors (Lipinski definition) is 6. The molecule has 0 heterocycles. The summed E-state index contributed by atoms with van der Waals surface area (Å²) in [5.41, 5.74) is -0.300. The number of carbonyl (C=O) groups excluding carboxylic acids is 1. The topological polar surface area (TPSA) is 103 Å². The summed E-state index contributed by atoms with van der Waals surface area (Å²) in [6.45, 7) is 5.21. The van der Waals surface area contributed by atoms with Crippen LogP contribution in [0.15, 0.2) is 41.3 Å². The Hall–Kier alpha value is -2.78. The lowest BCUT2D eigenvalue weighted by Gasteiger charge is -2.21. The first-order valence-electron chi connectivity index (χ1n) is 8.76. The van der Waals surface area contributed by atoms with E-state index in [0.29, 0.717) is 17.2 Å². The van der Waals surface area contributed by atoms with Crippen molar-refractivity contribution >= 4 is 21.6 Å². The van der Waals surface area contributed by atoms with Gasteiger partial charge in [0.1, 0.15) is 4.90 Å². The Balaban J connectivity index is 2.43. The summed E-state index contributed by atoms with van der Waals surface area (Å²) < 4.78 is 43.9. The largest absolute Gasteiger partial charge is 0.493 e. The number of anilines is 1. The SMILES string of the molecule is COc1cc(C(=O)Nc2ccccc2S(=O)(=O)NC(C)(C)C)cc(OC)c1OC. The third kappa shape index (κ3) is 5.39. The summed E-state index contributed by atoms with van der Waals surface area (Å²) in [5, 5.41) is 2.65. The van der Waals surface area contributed by atoms with E-state index < -0.39 is 21.5 Å². The van der Waals surface area contributed by atoms with Crippen LogP contribution in [0.4, 0.5) is 5.69 Å². The molecule has 0 aliphatic carbocycles. The Labute approximate surface area is 171 Å². The normalized spacial score (nSPS) is 11.7. The smallest absolute Gasteiger partial charge is 0.255 e. The Bertz CT molecular complexity index is 971. The summed E-state index contributed by atoms with van der Waals surface area (Å²) >= 11 is 0. The van der Waals surface area contributed by atoms with Gasteiger partial charge in [0.05, 0.1) is 27.0 Å². The fourth-order valence-corrected chi connectivity index (χ4v) is 4.25. The Kier molecular flexibility index (Phi) is 6.76. The maximum absolute atomic E-state index is 12.8. The van der Waals surface area contributed by atoms with Gasteiger partial charge < -0.3 is 19.5 Å². The molecule has 0 aromatic heterocycles. The van der Waals surface area contributed by atoms with E-state index in [1.165, 1.54) is 45.6 Å². The van der Waals surface area contributed by atoms with E-state index in [2.05, 4.69) is 10.0 Å². The summed E-state index contributed by atoms with van der Waals surface area (Å²) in [6.07, 6.45) is 0. The average molecular weight is 423 g/mol. The van der Waals surface area contributed by atoms with Crippen LogP contribution in [0.5, 0.6) is 17.2 Å². The molecule has 2 aromatic rings. The lowest BCUT2D eigenvalue weighted by molar-refractivity contribution is 0.102. The van der Waals surface area contributed by atoms with Gasteiger partial charge in [0.2, 0.25) is 15.8 Å². The highest BCUT2D eigenvalue weighted by Gasteiger charge is 2.25. The molecule has 1 amide bonds. The Morgan fingerprint density at radius 2 is 1.48 bits per heavy atom. The molecule has 0 unspecified atom stereocenters. The number of methoxy groups -OCH3 is 3. The number of amides is 1. The van der Waals surface area contributed by atoms with Gasteiger partial charge in [-0.3, -0.25) is 4.79 Å². The predicted octanol–water partition coefficient (Wildman–Crippen LogP) is 3.04. The zero-order valence-electron chi connectivity index (χ0n) is 17.3. The van der Waals surface area contributed by atoms with E-state index >= 15 is 0 Å². The first kappa shape index (κ1) is 22.5. The molecule has 0 aliphatic rings. The maximum Gasteiger partial charge on any atom is 0.255 e. The molecule has 0 radical (unpaired) electrons. The Morgan fingerprint density at radius 3 is 1.97 bits per heavy atom. The van der Waals surface area contributed by atoms with Crippen LogP contribution in [0.25, 0.3) is 0 Å². The van der Waals surface area contributed by atoms with Gasteiger partial charge in [0.15, 0.2) is 11.5 Å². The highest BCUT2D eigenvalue weighted by molar-refractivity contribution is 7.89. The second-order valence-corrected chi connectivity index (χ2v) is 8.87. The zero-order chi connectivity index (χ0) is 21.8.